The molecular formula is C20H16BrN5O3. The Bertz CT molecular complexity index is 1100. The van der Waals surface area contributed by atoms with Crippen molar-refractivity contribution >= 4 is 39.6 Å². The van der Waals surface area contributed by atoms with Crippen molar-refractivity contribution in [3.63, 3.8) is 0 Å². The molecule has 0 unspecified atom stereocenters. The molecule has 0 saturated heterocycles. The molecule has 4 rings (SSSR count). The number of aromatic nitrogens is 3. The predicted molar refractivity (Wildman–Crippen MR) is 108 cm³/mol. The van der Waals surface area contributed by atoms with Crippen molar-refractivity contribution in [1.82, 2.24) is 19.7 Å². The number of rotatable bonds is 6. The van der Waals surface area contributed by atoms with Crippen LogP contribution in [0.3, 0.4) is 0 Å². The zero-order valence-corrected chi connectivity index (χ0v) is 16.8. The van der Waals surface area contributed by atoms with Gasteiger partial charge in [0.15, 0.2) is 0 Å². The van der Waals surface area contributed by atoms with Gasteiger partial charge in [0, 0.05) is 17.4 Å². The van der Waals surface area contributed by atoms with Gasteiger partial charge in [-0.05, 0) is 23.8 Å². The third-order valence-electron chi connectivity index (χ3n) is 4.47. The lowest BCUT2D eigenvalue weighted by atomic mass is 10.1. The highest BCUT2D eigenvalue weighted by Crippen LogP contribution is 2.26. The van der Waals surface area contributed by atoms with Crippen LogP contribution in [0.25, 0.3) is 0 Å². The molecule has 0 aliphatic carbocycles. The van der Waals surface area contributed by atoms with E-state index in [1.807, 2.05) is 30.3 Å². The van der Waals surface area contributed by atoms with Crippen LogP contribution in [0.2, 0.25) is 0 Å². The highest BCUT2D eigenvalue weighted by molar-refractivity contribution is 9.10. The zero-order valence-electron chi connectivity index (χ0n) is 15.2. The van der Waals surface area contributed by atoms with Crippen LogP contribution in [0.4, 0.5) is 5.95 Å². The number of hydrogen-bond donors (Lipinski definition) is 1. The summed E-state index contributed by atoms with van der Waals surface area (Å²) in [6.45, 7) is 0.523. The van der Waals surface area contributed by atoms with Gasteiger partial charge >= 0.3 is 0 Å². The van der Waals surface area contributed by atoms with Gasteiger partial charge in [0.25, 0.3) is 11.8 Å². The molecule has 8 nitrogen and oxygen atoms in total. The Morgan fingerprint density at radius 3 is 2.59 bits per heavy atom. The lowest BCUT2D eigenvalue weighted by Crippen LogP contribution is -2.33. The summed E-state index contributed by atoms with van der Waals surface area (Å²) < 4.78 is 2.33. The number of carbonyl (C=O) groups excluding carboxylic acids is 3. The lowest BCUT2D eigenvalue weighted by molar-refractivity contribution is -0.116. The van der Waals surface area contributed by atoms with E-state index in [1.165, 1.54) is 6.33 Å². The molecule has 0 fully saturated rings. The number of imide groups is 1. The minimum Gasteiger partial charge on any atom is -0.293 e. The Morgan fingerprint density at radius 1 is 1.03 bits per heavy atom. The number of amides is 3. The van der Waals surface area contributed by atoms with Gasteiger partial charge in [0.05, 0.1) is 17.7 Å². The second kappa shape index (κ2) is 7.96. The normalized spacial score (nSPS) is 12.9. The fourth-order valence-corrected chi connectivity index (χ4v) is 3.43. The number of nitrogens with zero attached hydrogens (tertiary/aromatic N) is 4. The summed E-state index contributed by atoms with van der Waals surface area (Å²) in [7, 11) is 0. The molecule has 1 aliphatic rings. The van der Waals surface area contributed by atoms with Gasteiger partial charge in [0.2, 0.25) is 11.9 Å². The van der Waals surface area contributed by atoms with Gasteiger partial charge in [-0.3, -0.25) is 24.6 Å². The number of anilines is 1. The average molecular weight is 454 g/mol. The molecule has 0 bridgehead atoms. The SMILES string of the molecule is O=C(CCN1C(=O)c2ccc(Br)cc2C1=O)Nc1ncn(Cc2ccccc2)n1. The van der Waals surface area contributed by atoms with Crippen LogP contribution in [-0.4, -0.2) is 43.9 Å². The summed E-state index contributed by atoms with van der Waals surface area (Å²) in [5, 5.41) is 6.81. The van der Waals surface area contributed by atoms with Gasteiger partial charge < -0.3 is 0 Å². The molecule has 3 amide bonds. The van der Waals surface area contributed by atoms with Crippen LogP contribution in [0.5, 0.6) is 0 Å². The van der Waals surface area contributed by atoms with E-state index in [0.717, 1.165) is 10.5 Å². The molecular weight excluding hydrogens is 438 g/mol. The molecule has 1 aliphatic heterocycles. The monoisotopic (exact) mass is 453 g/mol. The summed E-state index contributed by atoms with van der Waals surface area (Å²) in [4.78, 5) is 42.2. The fraction of sp³-hybridized carbons (Fsp3) is 0.150. The van der Waals surface area contributed by atoms with Crippen molar-refractivity contribution in [3.05, 3.63) is 76.0 Å². The minimum atomic E-state index is -0.399. The highest BCUT2D eigenvalue weighted by atomic mass is 79.9. The maximum atomic E-state index is 12.4. The van der Waals surface area contributed by atoms with Crippen molar-refractivity contribution in [3.8, 4) is 0 Å². The van der Waals surface area contributed by atoms with E-state index >= 15 is 0 Å². The highest BCUT2D eigenvalue weighted by Gasteiger charge is 2.35. The van der Waals surface area contributed by atoms with E-state index in [9.17, 15) is 14.4 Å². The summed E-state index contributed by atoms with van der Waals surface area (Å²) in [5.41, 5.74) is 1.75. The van der Waals surface area contributed by atoms with Crippen LogP contribution in [0.15, 0.2) is 59.3 Å². The number of hydrogen-bond acceptors (Lipinski definition) is 5. The first kappa shape index (κ1) is 19.0. The quantitative estimate of drug-likeness (QED) is 0.578. The molecule has 1 aromatic heterocycles. The molecule has 0 atom stereocenters. The van der Waals surface area contributed by atoms with Crippen molar-refractivity contribution < 1.29 is 14.4 Å². The van der Waals surface area contributed by atoms with Crippen LogP contribution in [-0.2, 0) is 11.3 Å². The number of nitrogens with one attached hydrogen (secondary N) is 1. The van der Waals surface area contributed by atoms with Crippen LogP contribution in [0.1, 0.15) is 32.7 Å². The van der Waals surface area contributed by atoms with Gasteiger partial charge in [-0.1, -0.05) is 46.3 Å². The van der Waals surface area contributed by atoms with Crippen LogP contribution >= 0.6 is 15.9 Å². The van der Waals surface area contributed by atoms with E-state index in [2.05, 4.69) is 31.3 Å². The first-order chi connectivity index (χ1) is 14.0. The molecule has 0 saturated carbocycles. The van der Waals surface area contributed by atoms with E-state index in [4.69, 9.17) is 0 Å². The van der Waals surface area contributed by atoms with Gasteiger partial charge in [-0.15, -0.1) is 5.10 Å². The molecule has 1 N–H and O–H groups in total. The predicted octanol–water partition coefficient (Wildman–Crippen LogP) is 2.71. The summed E-state index contributed by atoms with van der Waals surface area (Å²) >= 11 is 3.29. The molecule has 2 heterocycles. The Morgan fingerprint density at radius 2 is 1.79 bits per heavy atom. The molecule has 0 spiro atoms. The Hall–Kier alpha value is -3.33. The number of fused-ring (bicyclic) bond motifs is 1. The van der Waals surface area contributed by atoms with E-state index in [-0.39, 0.29) is 24.8 Å². The van der Waals surface area contributed by atoms with E-state index in [0.29, 0.717) is 22.1 Å². The third-order valence-corrected chi connectivity index (χ3v) is 4.96. The standard InChI is InChI=1S/C20H16BrN5O3/c21-14-6-7-15-16(10-14)19(29)26(18(15)28)9-8-17(27)23-20-22-12-25(24-20)11-13-4-2-1-3-5-13/h1-7,10,12H,8-9,11H2,(H,23,24,27). The second-order valence-corrected chi connectivity index (χ2v) is 7.42. The van der Waals surface area contributed by atoms with Gasteiger partial charge in [0.1, 0.15) is 6.33 Å². The topological polar surface area (TPSA) is 97.2 Å². The van der Waals surface area contributed by atoms with Crippen molar-refractivity contribution in [2.45, 2.75) is 13.0 Å². The van der Waals surface area contributed by atoms with Gasteiger partial charge in [-0.2, -0.15) is 0 Å². The molecule has 29 heavy (non-hydrogen) atoms. The average Bonchev–Trinajstić information content (AvgIpc) is 3.23. The maximum absolute atomic E-state index is 12.4. The fourth-order valence-electron chi connectivity index (χ4n) is 3.07. The summed E-state index contributed by atoms with van der Waals surface area (Å²) in [5.74, 6) is -0.989. The molecule has 9 heteroatoms. The smallest absolute Gasteiger partial charge is 0.261 e. The number of benzene rings is 2. The van der Waals surface area contributed by atoms with Crippen molar-refractivity contribution in [1.29, 1.82) is 0 Å². The van der Waals surface area contributed by atoms with E-state index in [1.54, 1.807) is 22.9 Å². The molecule has 0 radical (unpaired) electrons. The van der Waals surface area contributed by atoms with Crippen molar-refractivity contribution in [2.75, 3.05) is 11.9 Å². The minimum absolute atomic E-state index is 0.0134. The van der Waals surface area contributed by atoms with Crippen LogP contribution in [0, 0.1) is 0 Å². The molecule has 146 valence electrons. The summed E-state index contributed by atoms with van der Waals surface area (Å²) in [6.07, 6.45) is 1.49. The number of carbonyl (C=O) groups is 3. The first-order valence-corrected chi connectivity index (χ1v) is 9.69. The summed E-state index contributed by atoms with van der Waals surface area (Å²) in [6, 6.07) is 14.7. The first-order valence-electron chi connectivity index (χ1n) is 8.90. The maximum Gasteiger partial charge on any atom is 0.261 e. The molecule has 3 aromatic rings. The van der Waals surface area contributed by atoms with E-state index < -0.39 is 11.8 Å². The Balaban J connectivity index is 1.33. The Kier molecular flexibility index (Phi) is 5.22. The zero-order chi connectivity index (χ0) is 20.4. The molecule has 2 aromatic carbocycles. The lowest BCUT2D eigenvalue weighted by Gasteiger charge is -2.12. The third kappa shape index (κ3) is 4.09. The Labute approximate surface area is 174 Å². The van der Waals surface area contributed by atoms with Crippen LogP contribution < -0.4 is 5.32 Å². The van der Waals surface area contributed by atoms with Crippen molar-refractivity contribution in [2.24, 2.45) is 0 Å². The second-order valence-electron chi connectivity index (χ2n) is 6.50. The number of halogens is 1. The van der Waals surface area contributed by atoms with Gasteiger partial charge in [-0.25, -0.2) is 9.67 Å². The largest absolute Gasteiger partial charge is 0.293 e.